The number of alkyl carbamates (subject to hydrolysis) is 1. The number of hydrogen-bond acceptors (Lipinski definition) is 8. The highest BCUT2D eigenvalue weighted by molar-refractivity contribution is 9.10. The van der Waals surface area contributed by atoms with E-state index in [9.17, 15) is 19.3 Å². The Morgan fingerprint density at radius 1 is 0.884 bits per heavy atom. The zero-order valence-electron chi connectivity index (χ0n) is 24.1. The molecule has 1 aliphatic carbocycles. The Balaban J connectivity index is 1.37. The van der Waals surface area contributed by atoms with Gasteiger partial charge in [-0.3, -0.25) is 4.57 Å². The summed E-state index contributed by atoms with van der Waals surface area (Å²) in [6.07, 6.45) is 0.770. The molecule has 0 spiro atoms. The molecule has 0 bridgehead atoms. The maximum Gasteiger partial charge on any atom is 0.407 e. The molecule has 0 radical (unpaired) electrons. The molecule has 0 saturated carbocycles. The molecule has 230 valence electrons. The van der Waals surface area contributed by atoms with E-state index in [2.05, 4.69) is 32.2 Å². The van der Waals surface area contributed by atoms with Gasteiger partial charge in [-0.25, -0.2) is 18.8 Å². The zero-order valence-corrected chi connectivity index (χ0v) is 26.6. The minimum Gasteiger partial charge on any atom is -0.480 e. The van der Waals surface area contributed by atoms with E-state index in [0.29, 0.717) is 24.2 Å². The van der Waals surface area contributed by atoms with Crippen LogP contribution in [0.2, 0.25) is 0 Å². The number of fused-ring (bicyclic) bond motifs is 3. The smallest absolute Gasteiger partial charge is 0.407 e. The molecule has 4 N–H and O–H groups in total. The molecule has 3 aromatic rings. The summed E-state index contributed by atoms with van der Waals surface area (Å²) < 4.78 is 29.1. The van der Waals surface area contributed by atoms with Crippen LogP contribution in [0.15, 0.2) is 72.8 Å². The summed E-state index contributed by atoms with van der Waals surface area (Å²) in [5, 5.41) is 12.3. The average molecular weight is 675 g/mol. The maximum absolute atomic E-state index is 13.5. The Hall–Kier alpha value is -3.05. The molecule has 0 heterocycles. The van der Waals surface area contributed by atoms with Crippen LogP contribution in [0.25, 0.3) is 11.1 Å². The number of carboxylic acid groups (broad SMARTS) is 1. The number of carboxylic acids is 1. The normalized spacial score (nSPS) is 14.0. The van der Waals surface area contributed by atoms with Crippen LogP contribution in [-0.4, -0.2) is 42.9 Å². The minimum absolute atomic E-state index is 0.0214. The van der Waals surface area contributed by atoms with Gasteiger partial charge in [0.1, 0.15) is 17.2 Å². The third-order valence-electron chi connectivity index (χ3n) is 6.99. The topological polar surface area (TPSA) is 135 Å². The van der Waals surface area contributed by atoms with Crippen molar-refractivity contribution in [2.75, 3.05) is 19.7 Å². The first-order chi connectivity index (χ1) is 20.8. The molecule has 1 aliphatic rings. The van der Waals surface area contributed by atoms with E-state index in [1.807, 2.05) is 62.4 Å². The molecule has 0 aromatic heterocycles. The maximum atomic E-state index is 13.5. The Labute approximate surface area is 260 Å². The molecular weight excluding hydrogens is 637 g/mol. The Morgan fingerprint density at radius 2 is 1.42 bits per heavy atom. The van der Waals surface area contributed by atoms with Crippen molar-refractivity contribution in [3.05, 3.63) is 95.1 Å². The lowest BCUT2D eigenvalue weighted by Crippen LogP contribution is -2.42. The predicted octanol–water partition coefficient (Wildman–Crippen LogP) is 6.67. The number of carbonyl (C=O) groups is 2. The van der Waals surface area contributed by atoms with Gasteiger partial charge in [-0.15, -0.1) is 0 Å². The van der Waals surface area contributed by atoms with Crippen LogP contribution < -0.4 is 16.3 Å². The molecule has 1 amide bonds. The second-order valence-electron chi connectivity index (χ2n) is 10.2. The zero-order chi connectivity index (χ0) is 30.8. The van der Waals surface area contributed by atoms with Crippen LogP contribution in [0, 0.1) is 0 Å². The highest BCUT2D eigenvalue weighted by atomic mass is 79.9. The molecule has 12 heteroatoms. The monoisotopic (exact) mass is 673 g/mol. The van der Waals surface area contributed by atoms with E-state index >= 15 is 0 Å². The van der Waals surface area contributed by atoms with Crippen molar-refractivity contribution in [1.82, 2.24) is 16.3 Å². The van der Waals surface area contributed by atoms with E-state index < -0.39 is 30.3 Å². The Bertz CT molecular complexity index is 1380. The summed E-state index contributed by atoms with van der Waals surface area (Å²) in [5.74, 6) is -1.32. The van der Waals surface area contributed by atoms with Crippen LogP contribution >= 0.6 is 23.5 Å². The van der Waals surface area contributed by atoms with E-state index in [-0.39, 0.29) is 18.9 Å². The van der Waals surface area contributed by atoms with Crippen LogP contribution in [0.1, 0.15) is 59.4 Å². The summed E-state index contributed by atoms with van der Waals surface area (Å²) in [5.41, 5.74) is 11.0. The molecule has 4 rings (SSSR count). The van der Waals surface area contributed by atoms with Crippen molar-refractivity contribution in [2.45, 2.75) is 49.6 Å². The number of amides is 1. The third-order valence-corrected chi connectivity index (χ3v) is 10.6. The number of ether oxygens (including phenoxy) is 1. The van der Waals surface area contributed by atoms with Crippen molar-refractivity contribution in [3.8, 4) is 11.1 Å². The van der Waals surface area contributed by atoms with Gasteiger partial charge < -0.3 is 15.2 Å². The van der Waals surface area contributed by atoms with Gasteiger partial charge in [0.2, 0.25) is 0 Å². The van der Waals surface area contributed by atoms with Gasteiger partial charge >= 0.3 is 19.7 Å². The first-order valence-electron chi connectivity index (χ1n) is 14.3. The number of aliphatic carboxylic acids is 1. The SMILES string of the molecule is CCCNOP(=O)(ONCCC)C(Br)c1ccc(CC(NC(=O)OCC2c3ccccc3-c3ccccc32)C(=O)O)cc1. The van der Waals surface area contributed by atoms with Gasteiger partial charge in [-0.1, -0.05) is 103 Å². The van der Waals surface area contributed by atoms with Crippen molar-refractivity contribution in [1.29, 1.82) is 0 Å². The average Bonchev–Trinajstić information content (AvgIpc) is 3.33. The van der Waals surface area contributed by atoms with E-state index in [1.165, 1.54) is 0 Å². The van der Waals surface area contributed by atoms with Crippen LogP contribution in [0.4, 0.5) is 4.79 Å². The molecule has 0 fully saturated rings. The fourth-order valence-corrected chi connectivity index (χ4v) is 6.91. The molecular formula is C31H37BrN3O7P. The molecule has 0 saturated heterocycles. The molecule has 43 heavy (non-hydrogen) atoms. The first-order valence-corrected chi connectivity index (χ1v) is 16.8. The Morgan fingerprint density at radius 3 is 1.93 bits per heavy atom. The third kappa shape index (κ3) is 8.32. The van der Waals surface area contributed by atoms with Crippen LogP contribution in [-0.2, 0) is 29.8 Å². The summed E-state index contributed by atoms with van der Waals surface area (Å²) in [7, 11) is -3.70. The number of nitrogens with one attached hydrogen (secondary N) is 3. The number of halogens is 1. The van der Waals surface area contributed by atoms with Gasteiger partial charge in [0.25, 0.3) is 0 Å². The van der Waals surface area contributed by atoms with Crippen molar-refractivity contribution >= 4 is 35.6 Å². The van der Waals surface area contributed by atoms with Crippen LogP contribution in [0.3, 0.4) is 0 Å². The number of hydroxylamine groups is 2. The van der Waals surface area contributed by atoms with E-state index in [4.69, 9.17) is 14.0 Å². The fourth-order valence-electron chi connectivity index (χ4n) is 4.80. The lowest BCUT2D eigenvalue weighted by Gasteiger charge is -2.23. The highest BCUT2D eigenvalue weighted by Crippen LogP contribution is 2.62. The van der Waals surface area contributed by atoms with Crippen molar-refractivity contribution in [2.24, 2.45) is 0 Å². The first kappa shape index (κ1) is 32.9. The minimum atomic E-state index is -3.70. The second-order valence-corrected chi connectivity index (χ2v) is 13.7. The van der Waals surface area contributed by atoms with Gasteiger partial charge in [-0.2, -0.15) is 11.0 Å². The molecule has 3 aromatic carbocycles. The molecule has 2 atom stereocenters. The summed E-state index contributed by atoms with van der Waals surface area (Å²) >= 11 is 3.45. The predicted molar refractivity (Wildman–Crippen MR) is 168 cm³/mol. The number of benzene rings is 3. The summed E-state index contributed by atoms with van der Waals surface area (Å²) in [6, 6.07) is 21.6. The number of rotatable bonds is 16. The quantitative estimate of drug-likeness (QED) is 0.0569. The van der Waals surface area contributed by atoms with Gasteiger partial charge in [0.05, 0.1) is 0 Å². The summed E-state index contributed by atoms with van der Waals surface area (Å²) in [6.45, 7) is 4.97. The summed E-state index contributed by atoms with van der Waals surface area (Å²) in [4.78, 5) is 24.7. The molecule has 0 aliphatic heterocycles. The van der Waals surface area contributed by atoms with E-state index in [0.717, 1.165) is 35.1 Å². The lowest BCUT2D eigenvalue weighted by atomic mass is 9.98. The number of alkyl halides is 1. The molecule has 10 nitrogen and oxygen atoms in total. The highest BCUT2D eigenvalue weighted by Gasteiger charge is 2.37. The van der Waals surface area contributed by atoms with E-state index in [1.54, 1.807) is 24.3 Å². The van der Waals surface area contributed by atoms with Gasteiger partial charge in [0.15, 0.2) is 0 Å². The molecule has 2 unspecified atom stereocenters. The standard InChI is InChI=1S/C31H37BrN3O7P/c1-3-17-33-41-43(39,42-34-18-4-2)29(32)22-15-13-21(14-16-22)19-28(30(36)37)35-31(38)40-20-27-25-11-7-5-9-23(25)24-10-6-8-12-26(24)27/h5-16,27-29,33-34H,3-4,17-20H2,1-2H3,(H,35,38)(H,36,37). The Kier molecular flexibility index (Phi) is 11.9. The number of hydrogen-bond donors (Lipinski definition) is 4. The number of carbonyl (C=O) groups excluding carboxylic acids is 1. The van der Waals surface area contributed by atoms with Gasteiger partial charge in [-0.05, 0) is 46.2 Å². The van der Waals surface area contributed by atoms with Crippen LogP contribution in [0.5, 0.6) is 0 Å². The van der Waals surface area contributed by atoms with Crippen molar-refractivity contribution < 1.29 is 33.2 Å². The van der Waals surface area contributed by atoms with Gasteiger partial charge in [0, 0.05) is 25.4 Å². The van der Waals surface area contributed by atoms with Crippen molar-refractivity contribution in [3.63, 3.8) is 0 Å². The largest absolute Gasteiger partial charge is 0.480 e. The second kappa shape index (κ2) is 15.6. The lowest BCUT2D eigenvalue weighted by molar-refractivity contribution is -0.139. The fraction of sp³-hybridized carbons (Fsp3) is 0.355.